The number of carbonyl (C=O) groups excluding carboxylic acids is 1. The van der Waals surface area contributed by atoms with E-state index in [1.165, 1.54) is 12.7 Å². The molecule has 39 heavy (non-hydrogen) atoms. The molecular weight excluding hydrogens is 512 g/mol. The van der Waals surface area contributed by atoms with Gasteiger partial charge in [0.1, 0.15) is 5.60 Å². The molecule has 204 valence electrons. The third-order valence-corrected chi connectivity index (χ3v) is 7.29. The Balaban J connectivity index is 1.63. The van der Waals surface area contributed by atoms with Gasteiger partial charge in [-0.15, -0.1) is 0 Å². The van der Waals surface area contributed by atoms with Crippen molar-refractivity contribution in [3.8, 4) is 11.5 Å². The summed E-state index contributed by atoms with van der Waals surface area (Å²) in [6.07, 6.45) is 1.55. The lowest BCUT2D eigenvalue weighted by molar-refractivity contribution is 0.0601. The molecule has 1 N–H and O–H groups in total. The fourth-order valence-corrected chi connectivity index (χ4v) is 5.72. The molecule has 0 saturated heterocycles. The first kappa shape index (κ1) is 27.1. The number of hydrogen-bond donors (Lipinski definition) is 1. The van der Waals surface area contributed by atoms with E-state index in [0.29, 0.717) is 29.4 Å². The Morgan fingerprint density at radius 1 is 1.10 bits per heavy atom. The van der Waals surface area contributed by atoms with E-state index in [-0.39, 0.29) is 11.1 Å². The maximum atomic E-state index is 12.7. The zero-order chi connectivity index (χ0) is 27.9. The monoisotopic (exact) mass is 546 g/mol. The van der Waals surface area contributed by atoms with Crippen molar-refractivity contribution in [2.75, 3.05) is 19.0 Å². The van der Waals surface area contributed by atoms with Crippen molar-refractivity contribution in [2.24, 2.45) is 4.99 Å². The number of nitrogens with one attached hydrogen (secondary N) is 1. The number of rotatable bonds is 7. The molecule has 2 heterocycles. The molecule has 0 spiro atoms. The minimum Gasteiger partial charge on any atom is -0.490 e. The number of hydrogen-bond acceptors (Lipinski definition) is 6. The summed E-state index contributed by atoms with van der Waals surface area (Å²) < 4.78 is 17.5. The summed E-state index contributed by atoms with van der Waals surface area (Å²) in [6.45, 7) is 11.5. The summed E-state index contributed by atoms with van der Waals surface area (Å²) in [4.78, 5) is 17.9. The van der Waals surface area contributed by atoms with Crippen LogP contribution >= 0.6 is 11.6 Å². The van der Waals surface area contributed by atoms with E-state index < -0.39 is 5.97 Å². The molecule has 5 rings (SSSR count). The van der Waals surface area contributed by atoms with Crippen molar-refractivity contribution in [3.63, 3.8) is 0 Å². The Labute approximate surface area is 235 Å². The standard InChI is InChI=1S/C32H35ClN2O4/c1-7-38-26-15-21-16-31(2,3)35-28(27(21)24-17-32(4,5)39-29(24)26)20-11-12-23(30(36)37-6)25(14-20)34-18-19-9-8-10-22(33)13-19/h8-15,34H,7,16-18H2,1-6H3. The molecular formula is C32H35ClN2O4. The van der Waals surface area contributed by atoms with Crippen molar-refractivity contribution >= 4 is 29.0 Å². The van der Waals surface area contributed by atoms with Crippen LogP contribution in [0.5, 0.6) is 11.5 Å². The zero-order valence-electron chi connectivity index (χ0n) is 23.4. The van der Waals surface area contributed by atoms with Crippen molar-refractivity contribution < 1.29 is 19.0 Å². The predicted molar refractivity (Wildman–Crippen MR) is 156 cm³/mol. The first-order valence-electron chi connectivity index (χ1n) is 13.3. The van der Waals surface area contributed by atoms with Crippen molar-refractivity contribution in [3.05, 3.63) is 86.9 Å². The second kappa shape index (κ2) is 10.2. The first-order chi connectivity index (χ1) is 18.5. The van der Waals surface area contributed by atoms with Crippen LogP contribution in [-0.2, 0) is 24.1 Å². The topological polar surface area (TPSA) is 69.2 Å². The third kappa shape index (κ3) is 5.48. The molecule has 0 radical (unpaired) electrons. The quantitative estimate of drug-likeness (QED) is 0.322. The maximum absolute atomic E-state index is 12.7. The first-order valence-corrected chi connectivity index (χ1v) is 13.7. The Morgan fingerprint density at radius 2 is 1.90 bits per heavy atom. The number of nitrogens with zero attached hydrogens (tertiary/aromatic N) is 1. The van der Waals surface area contributed by atoms with Gasteiger partial charge in [0.15, 0.2) is 11.5 Å². The van der Waals surface area contributed by atoms with Crippen LogP contribution < -0.4 is 14.8 Å². The van der Waals surface area contributed by atoms with E-state index in [1.807, 2.05) is 43.3 Å². The highest BCUT2D eigenvalue weighted by Crippen LogP contribution is 2.48. The van der Waals surface area contributed by atoms with Crippen LogP contribution in [0.15, 0.2) is 53.5 Å². The highest BCUT2D eigenvalue weighted by atomic mass is 35.5. The van der Waals surface area contributed by atoms with Gasteiger partial charge in [0.05, 0.1) is 30.5 Å². The molecule has 2 aliphatic heterocycles. The fraction of sp³-hybridized carbons (Fsp3) is 0.375. The smallest absolute Gasteiger partial charge is 0.339 e. The molecule has 7 heteroatoms. The van der Waals surface area contributed by atoms with Gasteiger partial charge >= 0.3 is 5.97 Å². The SMILES string of the molecule is CCOc1cc2c(c3c1OC(C)(C)C3)C(c1ccc(C(=O)OC)c(NCc3cccc(Cl)c3)c1)=NC(C)(C)C2. The van der Waals surface area contributed by atoms with Gasteiger partial charge in [0.2, 0.25) is 0 Å². The molecule has 0 aromatic heterocycles. The second-order valence-corrected chi connectivity index (χ2v) is 11.8. The number of halogens is 1. The fourth-order valence-electron chi connectivity index (χ4n) is 5.51. The Kier molecular flexibility index (Phi) is 7.10. The van der Waals surface area contributed by atoms with Gasteiger partial charge in [-0.2, -0.15) is 0 Å². The van der Waals surface area contributed by atoms with Gasteiger partial charge < -0.3 is 19.5 Å². The minimum absolute atomic E-state index is 0.315. The number of methoxy groups -OCH3 is 1. The van der Waals surface area contributed by atoms with Crippen molar-refractivity contribution in [2.45, 2.75) is 65.1 Å². The Hall–Kier alpha value is -3.51. The third-order valence-electron chi connectivity index (χ3n) is 7.05. The number of esters is 1. The molecule has 6 nitrogen and oxygen atoms in total. The zero-order valence-corrected chi connectivity index (χ0v) is 24.2. The van der Waals surface area contributed by atoms with Crippen LogP contribution in [0.4, 0.5) is 5.69 Å². The van der Waals surface area contributed by atoms with Crippen LogP contribution in [0.1, 0.15) is 72.8 Å². The van der Waals surface area contributed by atoms with E-state index in [0.717, 1.165) is 52.3 Å². The molecule has 0 amide bonds. The second-order valence-electron chi connectivity index (χ2n) is 11.4. The number of anilines is 1. The molecule has 0 unspecified atom stereocenters. The number of aliphatic imine (C=N–C) groups is 1. The summed E-state index contributed by atoms with van der Waals surface area (Å²) in [5.74, 6) is 1.19. The number of carbonyl (C=O) groups is 1. The predicted octanol–water partition coefficient (Wildman–Crippen LogP) is 7.02. The van der Waals surface area contributed by atoms with Gasteiger partial charge in [0, 0.05) is 40.4 Å². The van der Waals surface area contributed by atoms with E-state index in [4.69, 9.17) is 30.8 Å². The molecule has 3 aromatic rings. The molecule has 0 bridgehead atoms. The lowest BCUT2D eigenvalue weighted by Crippen LogP contribution is -2.30. The number of fused-ring (bicyclic) bond motifs is 3. The lowest BCUT2D eigenvalue weighted by Gasteiger charge is -2.31. The van der Waals surface area contributed by atoms with Gasteiger partial charge in [-0.1, -0.05) is 29.8 Å². The number of ether oxygens (including phenoxy) is 3. The maximum Gasteiger partial charge on any atom is 0.339 e. The highest BCUT2D eigenvalue weighted by molar-refractivity contribution is 6.30. The highest BCUT2D eigenvalue weighted by Gasteiger charge is 2.40. The van der Waals surface area contributed by atoms with Crippen LogP contribution in [-0.4, -0.2) is 36.5 Å². The van der Waals surface area contributed by atoms with Gasteiger partial charge in [0.25, 0.3) is 0 Å². The van der Waals surface area contributed by atoms with Crippen LogP contribution in [0, 0.1) is 0 Å². The van der Waals surface area contributed by atoms with Gasteiger partial charge in [-0.05, 0) is 82.5 Å². The summed E-state index contributed by atoms with van der Waals surface area (Å²) in [5.41, 5.74) is 6.71. The van der Waals surface area contributed by atoms with Crippen molar-refractivity contribution in [1.82, 2.24) is 0 Å². The Bertz CT molecular complexity index is 1480. The molecule has 2 aliphatic rings. The van der Waals surface area contributed by atoms with Crippen LogP contribution in [0.25, 0.3) is 0 Å². The van der Waals surface area contributed by atoms with Crippen molar-refractivity contribution in [1.29, 1.82) is 0 Å². The van der Waals surface area contributed by atoms with E-state index in [1.54, 1.807) is 6.07 Å². The average Bonchev–Trinajstić information content (AvgIpc) is 3.21. The Morgan fingerprint density at radius 3 is 2.62 bits per heavy atom. The summed E-state index contributed by atoms with van der Waals surface area (Å²) >= 11 is 6.19. The van der Waals surface area contributed by atoms with E-state index in [9.17, 15) is 4.79 Å². The molecule has 0 saturated carbocycles. The molecule has 0 fully saturated rings. The molecule has 0 atom stereocenters. The average molecular weight is 547 g/mol. The van der Waals surface area contributed by atoms with E-state index in [2.05, 4.69) is 39.1 Å². The minimum atomic E-state index is -0.404. The van der Waals surface area contributed by atoms with Gasteiger partial charge in [-0.25, -0.2) is 4.79 Å². The van der Waals surface area contributed by atoms with Crippen LogP contribution in [0.3, 0.4) is 0 Å². The van der Waals surface area contributed by atoms with Gasteiger partial charge in [-0.3, -0.25) is 4.99 Å². The molecule has 0 aliphatic carbocycles. The normalized spacial score (nSPS) is 16.4. The molecule has 3 aromatic carbocycles. The number of benzene rings is 3. The largest absolute Gasteiger partial charge is 0.490 e. The lowest BCUT2D eigenvalue weighted by atomic mass is 9.80. The van der Waals surface area contributed by atoms with E-state index >= 15 is 0 Å². The summed E-state index contributed by atoms with van der Waals surface area (Å²) in [6, 6.07) is 15.5. The summed E-state index contributed by atoms with van der Waals surface area (Å²) in [7, 11) is 1.39. The van der Waals surface area contributed by atoms with Crippen LogP contribution in [0.2, 0.25) is 5.02 Å². The summed E-state index contributed by atoms with van der Waals surface area (Å²) in [5, 5.41) is 4.09.